The van der Waals surface area contributed by atoms with Crippen molar-refractivity contribution < 1.29 is 5.11 Å². The van der Waals surface area contributed by atoms with Gasteiger partial charge in [-0.3, -0.25) is 0 Å². The Morgan fingerprint density at radius 3 is 2.93 bits per heavy atom. The summed E-state index contributed by atoms with van der Waals surface area (Å²) >= 11 is 0. The van der Waals surface area contributed by atoms with Crippen LogP contribution in [0.25, 0.3) is 5.69 Å². The molecule has 0 atom stereocenters. The van der Waals surface area contributed by atoms with Crippen LogP contribution in [0.2, 0.25) is 0 Å². The molecule has 0 aliphatic heterocycles. The molecule has 1 aromatic carbocycles. The standard InChI is InChI=1S/C12H14N2O/c1-10-3-2-4-12(9-10)14-7-5-11(13-14)6-8-15/h2-5,7,9,15H,6,8H2,1H3. The number of hydrogen-bond donors (Lipinski definition) is 1. The van der Waals surface area contributed by atoms with E-state index in [0.717, 1.165) is 11.4 Å². The SMILES string of the molecule is Cc1cccc(-n2ccc(CCO)n2)c1. The minimum Gasteiger partial charge on any atom is -0.396 e. The summed E-state index contributed by atoms with van der Waals surface area (Å²) < 4.78 is 1.83. The van der Waals surface area contributed by atoms with Crippen LogP contribution in [0.3, 0.4) is 0 Å². The van der Waals surface area contributed by atoms with Gasteiger partial charge in [0.15, 0.2) is 0 Å². The summed E-state index contributed by atoms with van der Waals surface area (Å²) in [6, 6.07) is 10.1. The van der Waals surface area contributed by atoms with E-state index in [1.807, 2.05) is 29.1 Å². The largest absolute Gasteiger partial charge is 0.396 e. The number of benzene rings is 1. The summed E-state index contributed by atoms with van der Waals surface area (Å²) in [6.45, 7) is 2.20. The van der Waals surface area contributed by atoms with Gasteiger partial charge in [-0.2, -0.15) is 5.10 Å². The van der Waals surface area contributed by atoms with E-state index in [-0.39, 0.29) is 6.61 Å². The van der Waals surface area contributed by atoms with Gasteiger partial charge >= 0.3 is 0 Å². The van der Waals surface area contributed by atoms with Crippen LogP contribution in [0, 0.1) is 6.92 Å². The fourth-order valence-electron chi connectivity index (χ4n) is 1.52. The molecule has 0 radical (unpaired) electrons. The molecule has 3 nitrogen and oxygen atoms in total. The number of rotatable bonds is 3. The first kappa shape index (κ1) is 9.93. The Morgan fingerprint density at radius 2 is 2.20 bits per heavy atom. The van der Waals surface area contributed by atoms with Gasteiger partial charge in [0.1, 0.15) is 0 Å². The molecule has 15 heavy (non-hydrogen) atoms. The van der Waals surface area contributed by atoms with Crippen molar-refractivity contribution in [2.24, 2.45) is 0 Å². The first-order valence-corrected chi connectivity index (χ1v) is 5.02. The number of nitrogens with zero attached hydrogens (tertiary/aromatic N) is 2. The Bertz CT molecular complexity index is 448. The highest BCUT2D eigenvalue weighted by molar-refractivity contribution is 5.34. The Hall–Kier alpha value is -1.61. The van der Waals surface area contributed by atoms with E-state index in [2.05, 4.69) is 24.2 Å². The number of hydrogen-bond acceptors (Lipinski definition) is 2. The molecule has 0 saturated carbocycles. The molecule has 78 valence electrons. The van der Waals surface area contributed by atoms with E-state index in [1.165, 1.54) is 5.56 Å². The second kappa shape index (κ2) is 4.28. The summed E-state index contributed by atoms with van der Waals surface area (Å²) in [5.74, 6) is 0. The average molecular weight is 202 g/mol. The number of aryl methyl sites for hydroxylation is 1. The molecule has 2 aromatic rings. The van der Waals surface area contributed by atoms with Crippen LogP contribution in [0.15, 0.2) is 36.5 Å². The normalized spacial score (nSPS) is 10.5. The lowest BCUT2D eigenvalue weighted by Gasteiger charge is -2.01. The van der Waals surface area contributed by atoms with Crippen molar-refractivity contribution in [3.8, 4) is 5.69 Å². The molecule has 0 saturated heterocycles. The van der Waals surface area contributed by atoms with Crippen LogP contribution in [-0.2, 0) is 6.42 Å². The molecule has 1 N–H and O–H groups in total. The highest BCUT2D eigenvalue weighted by atomic mass is 16.3. The Labute approximate surface area is 89.0 Å². The number of aromatic nitrogens is 2. The first-order chi connectivity index (χ1) is 7.29. The van der Waals surface area contributed by atoms with Crippen LogP contribution in [0.4, 0.5) is 0 Å². The zero-order valence-corrected chi connectivity index (χ0v) is 8.72. The van der Waals surface area contributed by atoms with Gasteiger partial charge in [0, 0.05) is 19.2 Å². The third-order valence-corrected chi connectivity index (χ3v) is 2.28. The maximum atomic E-state index is 8.79. The number of aliphatic hydroxyl groups is 1. The van der Waals surface area contributed by atoms with E-state index >= 15 is 0 Å². The zero-order chi connectivity index (χ0) is 10.7. The maximum absolute atomic E-state index is 8.79. The highest BCUT2D eigenvalue weighted by Crippen LogP contribution is 2.09. The molecule has 0 spiro atoms. The van der Waals surface area contributed by atoms with E-state index in [9.17, 15) is 0 Å². The van der Waals surface area contributed by atoms with Gasteiger partial charge in [-0.25, -0.2) is 4.68 Å². The van der Waals surface area contributed by atoms with Crippen LogP contribution >= 0.6 is 0 Å². The molecule has 3 heteroatoms. The predicted molar refractivity (Wildman–Crippen MR) is 59.1 cm³/mol. The van der Waals surface area contributed by atoms with Crippen LogP contribution in [-0.4, -0.2) is 21.5 Å². The molecule has 1 heterocycles. The van der Waals surface area contributed by atoms with E-state index in [1.54, 1.807) is 0 Å². The van der Waals surface area contributed by atoms with Crippen molar-refractivity contribution in [3.05, 3.63) is 47.8 Å². The fourth-order valence-corrected chi connectivity index (χ4v) is 1.52. The van der Waals surface area contributed by atoms with Gasteiger partial charge < -0.3 is 5.11 Å². The lowest BCUT2D eigenvalue weighted by atomic mass is 10.2. The molecule has 1 aromatic heterocycles. The van der Waals surface area contributed by atoms with Gasteiger partial charge in [0.25, 0.3) is 0 Å². The van der Waals surface area contributed by atoms with Gasteiger partial charge in [-0.15, -0.1) is 0 Å². The minimum atomic E-state index is 0.144. The molecular formula is C12H14N2O. The van der Waals surface area contributed by atoms with E-state index < -0.39 is 0 Å². The average Bonchev–Trinajstić information content (AvgIpc) is 2.67. The number of aliphatic hydroxyl groups excluding tert-OH is 1. The molecule has 0 amide bonds. The molecule has 0 fully saturated rings. The molecule has 0 aliphatic carbocycles. The molecule has 0 unspecified atom stereocenters. The van der Waals surface area contributed by atoms with Gasteiger partial charge in [0.2, 0.25) is 0 Å². The third-order valence-electron chi connectivity index (χ3n) is 2.28. The summed E-state index contributed by atoms with van der Waals surface area (Å²) in [5.41, 5.74) is 3.19. The van der Waals surface area contributed by atoms with Crippen LogP contribution < -0.4 is 0 Å². The van der Waals surface area contributed by atoms with Crippen molar-refractivity contribution in [2.75, 3.05) is 6.61 Å². The predicted octanol–water partition coefficient (Wildman–Crippen LogP) is 1.72. The molecular weight excluding hydrogens is 188 g/mol. The Morgan fingerprint density at radius 1 is 1.33 bits per heavy atom. The Balaban J connectivity index is 2.29. The summed E-state index contributed by atoms with van der Waals surface area (Å²) in [6.07, 6.45) is 2.53. The zero-order valence-electron chi connectivity index (χ0n) is 8.72. The van der Waals surface area contributed by atoms with Gasteiger partial charge in [-0.1, -0.05) is 12.1 Å². The Kier molecular flexibility index (Phi) is 2.83. The van der Waals surface area contributed by atoms with Crippen LogP contribution in [0.1, 0.15) is 11.3 Å². The van der Waals surface area contributed by atoms with Gasteiger partial charge in [-0.05, 0) is 30.7 Å². The topological polar surface area (TPSA) is 38.0 Å². The van der Waals surface area contributed by atoms with E-state index in [0.29, 0.717) is 6.42 Å². The lowest BCUT2D eigenvalue weighted by molar-refractivity contribution is 0.298. The highest BCUT2D eigenvalue weighted by Gasteiger charge is 2.00. The molecule has 0 aliphatic rings. The molecule has 2 rings (SSSR count). The summed E-state index contributed by atoms with van der Waals surface area (Å²) in [7, 11) is 0. The quantitative estimate of drug-likeness (QED) is 0.822. The first-order valence-electron chi connectivity index (χ1n) is 5.02. The van der Waals surface area contributed by atoms with Crippen molar-refractivity contribution in [1.29, 1.82) is 0 Å². The van der Waals surface area contributed by atoms with E-state index in [4.69, 9.17) is 5.11 Å². The van der Waals surface area contributed by atoms with Crippen molar-refractivity contribution in [1.82, 2.24) is 9.78 Å². The second-order valence-electron chi connectivity index (χ2n) is 3.56. The lowest BCUT2D eigenvalue weighted by Crippen LogP contribution is -1.97. The third kappa shape index (κ3) is 2.25. The van der Waals surface area contributed by atoms with Crippen LogP contribution in [0.5, 0.6) is 0 Å². The summed E-state index contributed by atoms with van der Waals surface area (Å²) in [5, 5.41) is 13.2. The van der Waals surface area contributed by atoms with Crippen molar-refractivity contribution in [3.63, 3.8) is 0 Å². The fraction of sp³-hybridized carbons (Fsp3) is 0.250. The monoisotopic (exact) mass is 202 g/mol. The van der Waals surface area contributed by atoms with Gasteiger partial charge in [0.05, 0.1) is 11.4 Å². The van der Waals surface area contributed by atoms with Crippen molar-refractivity contribution in [2.45, 2.75) is 13.3 Å². The second-order valence-corrected chi connectivity index (χ2v) is 3.56. The van der Waals surface area contributed by atoms with Crippen molar-refractivity contribution >= 4 is 0 Å². The smallest absolute Gasteiger partial charge is 0.0651 e. The summed E-state index contributed by atoms with van der Waals surface area (Å²) in [4.78, 5) is 0. The molecule has 0 bridgehead atoms. The maximum Gasteiger partial charge on any atom is 0.0651 e. The minimum absolute atomic E-state index is 0.144.